The summed E-state index contributed by atoms with van der Waals surface area (Å²) in [5, 5.41) is 22.8. The Morgan fingerprint density at radius 2 is 1.96 bits per heavy atom. The predicted octanol–water partition coefficient (Wildman–Crippen LogP) is 6.15. The number of hydrogen-bond acceptors (Lipinski definition) is 9. The maximum atomic E-state index is 15.7. The molecule has 0 spiro atoms. The lowest BCUT2D eigenvalue weighted by atomic mass is 9.86. The Balaban J connectivity index is 1.53. The molecule has 4 aromatic rings. The van der Waals surface area contributed by atoms with Gasteiger partial charge in [0, 0.05) is 54.6 Å². The molecule has 1 fully saturated rings. The lowest BCUT2D eigenvalue weighted by Crippen LogP contribution is -2.28. The number of benzene rings is 1. The molecule has 12 heteroatoms. The first-order valence-corrected chi connectivity index (χ1v) is 15.4. The Bertz CT molecular complexity index is 1750. The molecule has 0 saturated carbocycles. The van der Waals surface area contributed by atoms with Crippen LogP contribution >= 0.6 is 0 Å². The van der Waals surface area contributed by atoms with Gasteiger partial charge in [0.15, 0.2) is 17.7 Å². The maximum Gasteiger partial charge on any atom is 0.337 e. The van der Waals surface area contributed by atoms with Gasteiger partial charge in [-0.2, -0.15) is 0 Å². The van der Waals surface area contributed by atoms with Gasteiger partial charge >= 0.3 is 12.0 Å². The van der Waals surface area contributed by atoms with E-state index in [1.54, 1.807) is 27.7 Å². The van der Waals surface area contributed by atoms with Crippen molar-refractivity contribution < 1.29 is 32.9 Å². The molecular weight excluding hydrogens is 581 g/mol. The molecular formula is C33H40FN5O6. The molecule has 11 nitrogen and oxygen atoms in total. The number of pyridine rings is 1. The first-order valence-electron chi connectivity index (χ1n) is 15.4. The number of aryl methyl sites for hydroxylation is 2. The maximum absolute atomic E-state index is 15.7. The Hall–Kier alpha value is -4.03. The number of hydrogen-bond donors (Lipinski definition) is 2. The summed E-state index contributed by atoms with van der Waals surface area (Å²) in [5.41, 5.74) is 3.89. The standard InChI is InChI=1S/C33H40FN5O6/c1-17-20-8-7-11-43-27(20)23(34)14-21(17)26-22-15-24(30-37-38-32(44-30)35-16-19-9-12-42-13-10-19)39(6)29(22)36-18(2)25(26)28(31(40)41)45-33(3,4)5/h14-15,19,28H,7-13,16H2,1-6H3,(H,35,38)(H,40,41)/t28-/m0/s1. The second kappa shape index (κ2) is 12.1. The highest BCUT2D eigenvalue weighted by molar-refractivity contribution is 6.01. The molecule has 0 amide bonds. The molecule has 1 atom stereocenters. The van der Waals surface area contributed by atoms with Crippen LogP contribution in [0.3, 0.4) is 0 Å². The third-order valence-electron chi connectivity index (χ3n) is 8.59. The number of fused-ring (bicyclic) bond motifs is 2. The molecule has 0 aliphatic carbocycles. The fourth-order valence-electron chi connectivity index (χ4n) is 6.36. The molecule has 0 bridgehead atoms. The molecule has 2 aliphatic heterocycles. The average molecular weight is 622 g/mol. The summed E-state index contributed by atoms with van der Waals surface area (Å²) in [6, 6.07) is 3.59. The molecule has 0 radical (unpaired) electrons. The number of halogens is 1. The minimum absolute atomic E-state index is 0.257. The van der Waals surface area contributed by atoms with Gasteiger partial charge in [0.1, 0.15) is 11.3 Å². The van der Waals surface area contributed by atoms with Gasteiger partial charge in [0.25, 0.3) is 5.89 Å². The SMILES string of the molecule is Cc1nc2c(cc(-c3nnc(NCC4CCOCC4)o3)n2C)c(-c2cc(F)c3c(c2C)CCCO3)c1[C@H](OC(C)(C)C)C(=O)O. The van der Waals surface area contributed by atoms with Crippen molar-refractivity contribution in [2.45, 2.75) is 72.0 Å². The zero-order valence-corrected chi connectivity index (χ0v) is 26.6. The largest absolute Gasteiger partial charge is 0.490 e. The van der Waals surface area contributed by atoms with Crippen LogP contribution in [-0.4, -0.2) is 62.8 Å². The van der Waals surface area contributed by atoms with Crippen molar-refractivity contribution in [2.75, 3.05) is 31.7 Å². The first kappa shape index (κ1) is 31.0. The summed E-state index contributed by atoms with van der Waals surface area (Å²) in [7, 11) is 1.83. The number of ether oxygens (including phenoxy) is 3. The first-order chi connectivity index (χ1) is 21.4. The Labute approximate surface area is 261 Å². The van der Waals surface area contributed by atoms with Crippen molar-refractivity contribution >= 4 is 23.0 Å². The summed E-state index contributed by atoms with van der Waals surface area (Å²) in [4.78, 5) is 17.7. The fraction of sp³-hybridized carbons (Fsp3) is 0.515. The van der Waals surface area contributed by atoms with Crippen LogP contribution in [-0.2, 0) is 27.7 Å². The van der Waals surface area contributed by atoms with Crippen LogP contribution in [0.5, 0.6) is 5.75 Å². The number of anilines is 1. The molecule has 45 heavy (non-hydrogen) atoms. The molecule has 240 valence electrons. The third kappa shape index (κ3) is 6.00. The van der Waals surface area contributed by atoms with Gasteiger partial charge in [-0.3, -0.25) is 0 Å². The van der Waals surface area contributed by atoms with Gasteiger partial charge in [-0.15, -0.1) is 5.10 Å². The number of carboxylic acid groups (broad SMARTS) is 1. The Kier molecular flexibility index (Phi) is 8.30. The number of carbonyl (C=O) groups is 1. The van der Waals surface area contributed by atoms with E-state index < -0.39 is 23.5 Å². The summed E-state index contributed by atoms with van der Waals surface area (Å²) in [6.45, 7) is 11.7. The van der Waals surface area contributed by atoms with Crippen molar-refractivity contribution in [3.8, 4) is 28.5 Å². The minimum Gasteiger partial charge on any atom is -0.490 e. The van der Waals surface area contributed by atoms with Crippen molar-refractivity contribution in [3.63, 3.8) is 0 Å². The van der Waals surface area contributed by atoms with Crippen LogP contribution in [0.2, 0.25) is 0 Å². The highest BCUT2D eigenvalue weighted by Gasteiger charge is 2.35. The van der Waals surface area contributed by atoms with Crippen molar-refractivity contribution in [3.05, 3.63) is 40.3 Å². The van der Waals surface area contributed by atoms with E-state index in [0.29, 0.717) is 70.6 Å². The van der Waals surface area contributed by atoms with Crippen LogP contribution < -0.4 is 10.1 Å². The Morgan fingerprint density at radius 3 is 2.67 bits per heavy atom. The predicted molar refractivity (Wildman–Crippen MR) is 166 cm³/mol. The fourth-order valence-corrected chi connectivity index (χ4v) is 6.36. The molecule has 6 rings (SSSR count). The second-order valence-electron chi connectivity index (χ2n) is 12.9. The molecule has 0 unspecified atom stereocenters. The summed E-state index contributed by atoms with van der Waals surface area (Å²) >= 11 is 0. The molecule has 1 aromatic carbocycles. The Morgan fingerprint density at radius 1 is 1.20 bits per heavy atom. The molecule has 1 saturated heterocycles. The van der Waals surface area contributed by atoms with E-state index in [9.17, 15) is 9.90 Å². The van der Waals surface area contributed by atoms with Crippen LogP contribution in [0.1, 0.15) is 68.5 Å². The lowest BCUT2D eigenvalue weighted by molar-refractivity contribution is -0.160. The second-order valence-corrected chi connectivity index (χ2v) is 12.9. The molecule has 2 aliphatic rings. The summed E-state index contributed by atoms with van der Waals surface area (Å²) in [6.07, 6.45) is 1.99. The van der Waals surface area contributed by atoms with Crippen LogP contribution in [0, 0.1) is 25.6 Å². The summed E-state index contributed by atoms with van der Waals surface area (Å²) in [5.74, 6) is -0.660. The van der Waals surface area contributed by atoms with Crippen molar-refractivity contribution in [1.29, 1.82) is 0 Å². The number of nitrogens with zero attached hydrogens (tertiary/aromatic N) is 4. The van der Waals surface area contributed by atoms with Gasteiger partial charge in [0.2, 0.25) is 0 Å². The highest BCUT2D eigenvalue weighted by Crippen LogP contribution is 2.45. The average Bonchev–Trinajstić information content (AvgIpc) is 3.60. The zero-order valence-electron chi connectivity index (χ0n) is 26.6. The lowest BCUT2D eigenvalue weighted by Gasteiger charge is -2.29. The molecule has 2 N–H and O–H groups in total. The van der Waals surface area contributed by atoms with E-state index >= 15 is 4.39 Å². The van der Waals surface area contributed by atoms with E-state index in [0.717, 1.165) is 43.6 Å². The number of nitrogens with one attached hydrogen (secondary N) is 1. The minimum atomic E-state index is -1.36. The number of aliphatic carboxylic acids is 1. The number of carboxylic acids is 1. The van der Waals surface area contributed by atoms with Crippen LogP contribution in [0.4, 0.5) is 10.4 Å². The van der Waals surface area contributed by atoms with Gasteiger partial charge in [-0.25, -0.2) is 14.2 Å². The van der Waals surface area contributed by atoms with Gasteiger partial charge in [0.05, 0.1) is 12.2 Å². The zero-order chi connectivity index (χ0) is 32.0. The van der Waals surface area contributed by atoms with Crippen molar-refractivity contribution in [1.82, 2.24) is 19.7 Å². The third-order valence-corrected chi connectivity index (χ3v) is 8.59. The van der Waals surface area contributed by atoms with E-state index in [1.807, 2.05) is 24.6 Å². The number of aromatic nitrogens is 4. The van der Waals surface area contributed by atoms with Gasteiger partial charge < -0.3 is 33.6 Å². The van der Waals surface area contributed by atoms with E-state index in [1.165, 1.54) is 6.07 Å². The van der Waals surface area contributed by atoms with Crippen LogP contribution in [0.15, 0.2) is 16.5 Å². The topological polar surface area (TPSA) is 134 Å². The monoisotopic (exact) mass is 621 g/mol. The normalized spacial score (nSPS) is 16.4. The van der Waals surface area contributed by atoms with Crippen molar-refractivity contribution in [2.24, 2.45) is 13.0 Å². The van der Waals surface area contributed by atoms with Gasteiger partial charge in [-0.1, -0.05) is 5.10 Å². The summed E-state index contributed by atoms with van der Waals surface area (Å²) < 4.78 is 40.9. The van der Waals surface area contributed by atoms with Gasteiger partial charge in [-0.05, 0) is 89.5 Å². The smallest absolute Gasteiger partial charge is 0.337 e. The van der Waals surface area contributed by atoms with E-state index in [-0.39, 0.29) is 11.6 Å². The van der Waals surface area contributed by atoms with Crippen LogP contribution in [0.25, 0.3) is 33.7 Å². The highest BCUT2D eigenvalue weighted by atomic mass is 19.1. The van der Waals surface area contributed by atoms with E-state index in [2.05, 4.69) is 15.5 Å². The molecule has 3 aromatic heterocycles. The quantitative estimate of drug-likeness (QED) is 0.236. The molecule has 5 heterocycles. The number of rotatable bonds is 8. The van der Waals surface area contributed by atoms with E-state index in [4.69, 9.17) is 23.6 Å².